The van der Waals surface area contributed by atoms with Gasteiger partial charge in [0.1, 0.15) is 5.76 Å². The Bertz CT molecular complexity index is 492. The molecule has 108 valence electrons. The van der Waals surface area contributed by atoms with Crippen LogP contribution in [0.3, 0.4) is 0 Å². The molecule has 1 aliphatic heterocycles. The summed E-state index contributed by atoms with van der Waals surface area (Å²) in [5.74, 6) is 0.622. The van der Waals surface area contributed by atoms with E-state index in [2.05, 4.69) is 17.0 Å². The molecule has 1 aromatic heterocycles. The number of ether oxygens (including phenoxy) is 1. The zero-order valence-electron chi connectivity index (χ0n) is 11.0. The maximum absolute atomic E-state index is 12.1. The van der Waals surface area contributed by atoms with Gasteiger partial charge in [0.05, 0.1) is 13.2 Å². The van der Waals surface area contributed by atoms with Crippen LogP contribution < -0.4 is 10.0 Å². The van der Waals surface area contributed by atoms with Crippen LogP contribution in [0, 0.1) is 0 Å². The molecule has 2 rings (SSSR count). The van der Waals surface area contributed by atoms with Gasteiger partial charge >= 0.3 is 0 Å². The maximum atomic E-state index is 12.1. The maximum Gasteiger partial charge on any atom is 0.274 e. The van der Waals surface area contributed by atoms with Crippen LogP contribution in [0.4, 0.5) is 0 Å². The Morgan fingerprint density at radius 3 is 2.95 bits per heavy atom. The van der Waals surface area contributed by atoms with Crippen molar-refractivity contribution in [2.45, 2.75) is 37.4 Å². The predicted octanol–water partition coefficient (Wildman–Crippen LogP) is 0.846. The van der Waals surface area contributed by atoms with Crippen LogP contribution in [-0.4, -0.2) is 34.2 Å². The van der Waals surface area contributed by atoms with Crippen molar-refractivity contribution >= 4 is 10.0 Å². The third-order valence-corrected chi connectivity index (χ3v) is 4.27. The van der Waals surface area contributed by atoms with Crippen molar-refractivity contribution in [3.63, 3.8) is 0 Å². The Balaban J connectivity index is 1.95. The molecule has 19 heavy (non-hydrogen) atoms. The molecule has 7 heteroatoms. The van der Waals surface area contributed by atoms with Gasteiger partial charge in [-0.25, -0.2) is 13.1 Å². The molecule has 0 amide bonds. The average molecular weight is 288 g/mol. The molecule has 2 heterocycles. The smallest absolute Gasteiger partial charge is 0.274 e. The van der Waals surface area contributed by atoms with Crippen molar-refractivity contribution in [1.29, 1.82) is 0 Å². The van der Waals surface area contributed by atoms with Crippen molar-refractivity contribution in [1.82, 2.24) is 10.0 Å². The first-order valence-corrected chi connectivity index (χ1v) is 7.99. The molecule has 6 nitrogen and oxygen atoms in total. The SMILES string of the molecule is CCCNCc1ccc(S(=O)(=O)NC2CCOC2)o1. The van der Waals surface area contributed by atoms with E-state index in [-0.39, 0.29) is 11.1 Å². The van der Waals surface area contributed by atoms with Gasteiger partial charge in [-0.2, -0.15) is 0 Å². The highest BCUT2D eigenvalue weighted by molar-refractivity contribution is 7.89. The highest BCUT2D eigenvalue weighted by Gasteiger charge is 2.25. The quantitative estimate of drug-likeness (QED) is 0.727. The fourth-order valence-electron chi connectivity index (χ4n) is 1.89. The topological polar surface area (TPSA) is 80.6 Å². The van der Waals surface area contributed by atoms with Crippen LogP contribution in [0.2, 0.25) is 0 Å². The highest BCUT2D eigenvalue weighted by atomic mass is 32.2. The summed E-state index contributed by atoms with van der Waals surface area (Å²) in [4.78, 5) is 0. The van der Waals surface area contributed by atoms with E-state index < -0.39 is 10.0 Å². The van der Waals surface area contributed by atoms with E-state index in [1.165, 1.54) is 6.07 Å². The van der Waals surface area contributed by atoms with E-state index in [0.717, 1.165) is 13.0 Å². The van der Waals surface area contributed by atoms with Crippen LogP contribution in [0.1, 0.15) is 25.5 Å². The van der Waals surface area contributed by atoms with Crippen LogP contribution in [0.25, 0.3) is 0 Å². The second kappa shape index (κ2) is 6.51. The van der Waals surface area contributed by atoms with Crippen molar-refractivity contribution < 1.29 is 17.6 Å². The lowest BCUT2D eigenvalue weighted by atomic mass is 10.3. The summed E-state index contributed by atoms with van der Waals surface area (Å²) in [6.07, 6.45) is 1.72. The third-order valence-electron chi connectivity index (χ3n) is 2.88. The summed E-state index contributed by atoms with van der Waals surface area (Å²) in [6.45, 7) is 4.50. The fourth-order valence-corrected chi connectivity index (χ4v) is 3.10. The van der Waals surface area contributed by atoms with Crippen LogP contribution in [-0.2, 0) is 21.3 Å². The molecular formula is C12H20N2O4S. The largest absolute Gasteiger partial charge is 0.447 e. The van der Waals surface area contributed by atoms with Gasteiger partial charge < -0.3 is 14.5 Å². The first kappa shape index (κ1) is 14.5. The van der Waals surface area contributed by atoms with Crippen molar-refractivity contribution in [2.75, 3.05) is 19.8 Å². The van der Waals surface area contributed by atoms with Crippen molar-refractivity contribution in [2.24, 2.45) is 0 Å². The minimum absolute atomic E-state index is 0.0345. The van der Waals surface area contributed by atoms with E-state index in [9.17, 15) is 8.42 Å². The molecule has 1 fully saturated rings. The summed E-state index contributed by atoms with van der Waals surface area (Å²) in [5.41, 5.74) is 0. The third kappa shape index (κ3) is 4.04. The lowest BCUT2D eigenvalue weighted by Gasteiger charge is -2.09. The van der Waals surface area contributed by atoms with E-state index in [1.54, 1.807) is 6.07 Å². The second-order valence-corrected chi connectivity index (χ2v) is 6.22. The Hall–Kier alpha value is -0.890. The standard InChI is InChI=1S/C12H20N2O4S/c1-2-6-13-8-11-3-4-12(18-11)19(15,16)14-10-5-7-17-9-10/h3-4,10,13-14H,2,5-9H2,1H3. The van der Waals surface area contributed by atoms with Crippen molar-refractivity contribution in [3.8, 4) is 0 Å². The molecule has 0 bridgehead atoms. The summed E-state index contributed by atoms with van der Waals surface area (Å²) < 4.78 is 37.2. The van der Waals surface area contributed by atoms with Crippen LogP contribution >= 0.6 is 0 Å². The average Bonchev–Trinajstić information content (AvgIpc) is 3.00. The van der Waals surface area contributed by atoms with Crippen LogP contribution in [0.5, 0.6) is 0 Å². The van der Waals surface area contributed by atoms with Gasteiger partial charge in [-0.1, -0.05) is 6.92 Å². The van der Waals surface area contributed by atoms with E-state index >= 15 is 0 Å². The van der Waals surface area contributed by atoms with E-state index in [0.29, 0.717) is 31.9 Å². The number of rotatable bonds is 7. The van der Waals surface area contributed by atoms with Gasteiger partial charge in [-0.05, 0) is 31.5 Å². The molecule has 1 aliphatic rings. The first-order valence-electron chi connectivity index (χ1n) is 6.51. The Morgan fingerprint density at radius 2 is 2.26 bits per heavy atom. The van der Waals surface area contributed by atoms with Crippen LogP contribution in [0.15, 0.2) is 21.6 Å². The molecule has 0 aromatic carbocycles. The van der Waals surface area contributed by atoms with E-state index in [4.69, 9.17) is 9.15 Å². The van der Waals surface area contributed by atoms with Gasteiger partial charge in [-0.15, -0.1) is 0 Å². The highest BCUT2D eigenvalue weighted by Crippen LogP contribution is 2.15. The summed E-state index contributed by atoms with van der Waals surface area (Å²) in [7, 11) is -3.58. The van der Waals surface area contributed by atoms with Gasteiger partial charge in [-0.3, -0.25) is 0 Å². The summed E-state index contributed by atoms with van der Waals surface area (Å²) in [5, 5.41) is 3.13. The molecule has 0 radical (unpaired) electrons. The Labute approximate surface area is 113 Å². The van der Waals surface area contributed by atoms with Gasteiger partial charge in [0.2, 0.25) is 5.09 Å². The molecule has 1 unspecified atom stereocenters. The monoisotopic (exact) mass is 288 g/mol. The zero-order chi connectivity index (χ0) is 13.7. The Kier molecular flexibility index (Phi) is 4.98. The Morgan fingerprint density at radius 1 is 1.42 bits per heavy atom. The summed E-state index contributed by atoms with van der Waals surface area (Å²) >= 11 is 0. The minimum Gasteiger partial charge on any atom is -0.447 e. The van der Waals surface area contributed by atoms with Gasteiger partial charge in [0.25, 0.3) is 10.0 Å². The lowest BCUT2D eigenvalue weighted by Crippen LogP contribution is -2.34. The first-order chi connectivity index (χ1) is 9.12. The molecular weight excluding hydrogens is 268 g/mol. The fraction of sp³-hybridized carbons (Fsp3) is 0.667. The molecule has 1 atom stereocenters. The minimum atomic E-state index is -3.58. The molecule has 0 aliphatic carbocycles. The zero-order valence-corrected chi connectivity index (χ0v) is 11.8. The van der Waals surface area contributed by atoms with E-state index in [1.807, 2.05) is 0 Å². The van der Waals surface area contributed by atoms with Gasteiger partial charge in [0.15, 0.2) is 0 Å². The predicted molar refractivity (Wildman–Crippen MR) is 70.3 cm³/mol. The molecule has 1 aromatic rings. The molecule has 0 saturated carbocycles. The summed E-state index contributed by atoms with van der Waals surface area (Å²) in [6, 6.07) is 3.01. The number of sulfonamides is 1. The number of hydrogen-bond acceptors (Lipinski definition) is 5. The number of nitrogens with one attached hydrogen (secondary N) is 2. The lowest BCUT2D eigenvalue weighted by molar-refractivity contribution is 0.192. The molecule has 1 saturated heterocycles. The molecule has 2 N–H and O–H groups in total. The number of furan rings is 1. The van der Waals surface area contributed by atoms with Crippen molar-refractivity contribution in [3.05, 3.63) is 17.9 Å². The van der Waals surface area contributed by atoms with Gasteiger partial charge in [0, 0.05) is 12.6 Å². The normalized spacial score (nSPS) is 19.9. The molecule has 0 spiro atoms. The number of hydrogen-bond donors (Lipinski definition) is 2. The second-order valence-electron chi connectivity index (χ2n) is 4.58.